The Bertz CT molecular complexity index is 666. The zero-order valence-electron chi connectivity index (χ0n) is 10.4. The number of rotatable bonds is 3. The predicted octanol–water partition coefficient (Wildman–Crippen LogP) is 3.51. The van der Waals surface area contributed by atoms with Crippen LogP contribution >= 0.6 is 23.4 Å². The molecule has 1 aromatic carbocycles. The number of halogens is 2. The van der Waals surface area contributed by atoms with Crippen LogP contribution in [0.3, 0.4) is 0 Å². The Hall–Kier alpha value is -1.54. The number of aliphatic hydroxyl groups excluding tert-OH is 1. The summed E-state index contributed by atoms with van der Waals surface area (Å²) in [4.78, 5) is 4.16. The van der Waals surface area contributed by atoms with E-state index < -0.39 is 0 Å². The van der Waals surface area contributed by atoms with Gasteiger partial charge in [-0.25, -0.2) is 9.37 Å². The second kappa shape index (κ2) is 7.30. The molecule has 0 bridgehead atoms. The average Bonchev–Trinajstić information content (AvgIpc) is 2.44. The van der Waals surface area contributed by atoms with Crippen molar-refractivity contribution < 1.29 is 9.50 Å². The molecule has 0 spiro atoms. The van der Waals surface area contributed by atoms with Gasteiger partial charge in [0.05, 0.1) is 5.02 Å². The van der Waals surface area contributed by atoms with Gasteiger partial charge in [0.25, 0.3) is 0 Å². The summed E-state index contributed by atoms with van der Waals surface area (Å²) in [5, 5.41) is 9.94. The number of aromatic nitrogens is 1. The molecule has 1 aromatic heterocycles. The summed E-state index contributed by atoms with van der Waals surface area (Å²) in [7, 11) is 0. The van der Waals surface area contributed by atoms with Gasteiger partial charge < -0.3 is 5.11 Å². The number of aliphatic hydroxyl groups is 1. The van der Waals surface area contributed by atoms with Gasteiger partial charge in [0.1, 0.15) is 17.5 Å². The van der Waals surface area contributed by atoms with E-state index >= 15 is 0 Å². The minimum Gasteiger partial charge on any atom is -0.384 e. The van der Waals surface area contributed by atoms with Crippen LogP contribution in [0, 0.1) is 17.7 Å². The molecule has 0 radical (unpaired) electrons. The summed E-state index contributed by atoms with van der Waals surface area (Å²) in [5.74, 6) is 5.39. The monoisotopic (exact) mass is 307 g/mol. The van der Waals surface area contributed by atoms with Gasteiger partial charge in [-0.15, -0.1) is 11.8 Å². The lowest BCUT2D eigenvalue weighted by molar-refractivity contribution is 0.350. The molecule has 0 unspecified atom stereocenters. The van der Waals surface area contributed by atoms with Crippen molar-refractivity contribution in [2.75, 3.05) is 6.61 Å². The Balaban J connectivity index is 2.13. The van der Waals surface area contributed by atoms with Crippen molar-refractivity contribution in [1.29, 1.82) is 0 Å². The second-order valence-corrected chi connectivity index (χ2v) is 5.26. The maximum absolute atomic E-state index is 13.5. The van der Waals surface area contributed by atoms with Crippen LogP contribution in [0.25, 0.3) is 0 Å². The van der Waals surface area contributed by atoms with Gasteiger partial charge in [0, 0.05) is 17.5 Å². The van der Waals surface area contributed by atoms with Crippen LogP contribution in [-0.4, -0.2) is 16.7 Å². The van der Waals surface area contributed by atoms with Gasteiger partial charge in [0.15, 0.2) is 0 Å². The SMILES string of the molecule is OCC#Cc1cc(F)cc(CSc2ncccc2Cl)c1. The minimum atomic E-state index is -0.350. The molecule has 0 aliphatic rings. The summed E-state index contributed by atoms with van der Waals surface area (Å²) < 4.78 is 13.5. The van der Waals surface area contributed by atoms with Crippen molar-refractivity contribution in [3.05, 3.63) is 58.5 Å². The van der Waals surface area contributed by atoms with E-state index in [0.717, 1.165) is 5.56 Å². The largest absolute Gasteiger partial charge is 0.384 e. The van der Waals surface area contributed by atoms with E-state index in [-0.39, 0.29) is 12.4 Å². The lowest BCUT2D eigenvalue weighted by atomic mass is 10.1. The third-order valence-corrected chi connectivity index (χ3v) is 3.86. The molecule has 0 amide bonds. The van der Waals surface area contributed by atoms with Crippen molar-refractivity contribution >= 4 is 23.4 Å². The van der Waals surface area contributed by atoms with E-state index in [4.69, 9.17) is 16.7 Å². The first-order valence-electron chi connectivity index (χ1n) is 5.81. The molecular weight excluding hydrogens is 297 g/mol. The number of hydrogen-bond donors (Lipinski definition) is 1. The lowest BCUT2D eigenvalue weighted by Gasteiger charge is -2.04. The molecule has 5 heteroatoms. The highest BCUT2D eigenvalue weighted by atomic mass is 35.5. The van der Waals surface area contributed by atoms with Gasteiger partial charge in [-0.2, -0.15) is 0 Å². The Morgan fingerprint density at radius 3 is 2.95 bits per heavy atom. The van der Waals surface area contributed by atoms with E-state index in [2.05, 4.69) is 16.8 Å². The quantitative estimate of drug-likeness (QED) is 0.696. The predicted molar refractivity (Wildman–Crippen MR) is 79.2 cm³/mol. The molecule has 0 atom stereocenters. The first-order chi connectivity index (χ1) is 9.69. The zero-order chi connectivity index (χ0) is 14.4. The first-order valence-corrected chi connectivity index (χ1v) is 7.18. The lowest BCUT2D eigenvalue weighted by Crippen LogP contribution is -1.88. The first kappa shape index (κ1) is 14.9. The molecule has 2 rings (SSSR count). The van der Waals surface area contributed by atoms with E-state index in [9.17, 15) is 4.39 Å². The molecule has 1 N–H and O–H groups in total. The Morgan fingerprint density at radius 1 is 1.35 bits per heavy atom. The molecule has 0 fully saturated rings. The Labute approximate surface area is 126 Å². The molecule has 0 aliphatic carbocycles. The summed E-state index contributed by atoms with van der Waals surface area (Å²) >= 11 is 7.45. The number of pyridine rings is 1. The Kier molecular flexibility index (Phi) is 5.42. The maximum Gasteiger partial charge on any atom is 0.124 e. The van der Waals surface area contributed by atoms with Crippen molar-refractivity contribution in [3.63, 3.8) is 0 Å². The highest BCUT2D eigenvalue weighted by Gasteiger charge is 2.04. The maximum atomic E-state index is 13.5. The number of benzene rings is 1. The van der Waals surface area contributed by atoms with Crippen LogP contribution in [0.2, 0.25) is 5.02 Å². The highest BCUT2D eigenvalue weighted by molar-refractivity contribution is 7.98. The van der Waals surface area contributed by atoms with Gasteiger partial charge in [-0.05, 0) is 35.9 Å². The van der Waals surface area contributed by atoms with Crippen molar-refractivity contribution in [3.8, 4) is 11.8 Å². The minimum absolute atomic E-state index is 0.246. The summed E-state index contributed by atoms with van der Waals surface area (Å²) in [6, 6.07) is 8.10. The zero-order valence-corrected chi connectivity index (χ0v) is 12.0. The molecule has 1 heterocycles. The topological polar surface area (TPSA) is 33.1 Å². The van der Waals surface area contributed by atoms with Crippen LogP contribution in [0.15, 0.2) is 41.6 Å². The third kappa shape index (κ3) is 4.24. The van der Waals surface area contributed by atoms with Crippen LogP contribution in [0.4, 0.5) is 4.39 Å². The van der Waals surface area contributed by atoms with Crippen molar-refractivity contribution in [2.24, 2.45) is 0 Å². The fourth-order valence-electron chi connectivity index (χ4n) is 1.58. The van der Waals surface area contributed by atoms with Crippen LogP contribution in [0.5, 0.6) is 0 Å². The summed E-state index contributed by atoms with van der Waals surface area (Å²) in [5.41, 5.74) is 1.33. The van der Waals surface area contributed by atoms with E-state index in [1.807, 2.05) is 0 Å². The summed E-state index contributed by atoms with van der Waals surface area (Å²) in [6.45, 7) is -0.246. The molecule has 0 aliphatic heterocycles. The normalized spacial score (nSPS) is 9.95. The van der Waals surface area contributed by atoms with Gasteiger partial charge in [-0.3, -0.25) is 0 Å². The third-order valence-electron chi connectivity index (χ3n) is 2.37. The van der Waals surface area contributed by atoms with Crippen molar-refractivity contribution in [1.82, 2.24) is 4.98 Å². The van der Waals surface area contributed by atoms with Crippen LogP contribution in [-0.2, 0) is 5.75 Å². The molecule has 20 heavy (non-hydrogen) atoms. The number of hydrogen-bond acceptors (Lipinski definition) is 3. The van der Waals surface area contributed by atoms with E-state index in [1.54, 1.807) is 24.4 Å². The molecule has 2 nitrogen and oxygen atoms in total. The van der Waals surface area contributed by atoms with Gasteiger partial charge >= 0.3 is 0 Å². The van der Waals surface area contributed by atoms with Crippen LogP contribution in [0.1, 0.15) is 11.1 Å². The van der Waals surface area contributed by atoms with Crippen molar-refractivity contribution in [2.45, 2.75) is 10.8 Å². The second-order valence-electron chi connectivity index (χ2n) is 3.89. The smallest absolute Gasteiger partial charge is 0.124 e. The van der Waals surface area contributed by atoms with Crippen LogP contribution < -0.4 is 0 Å². The fraction of sp³-hybridized carbons (Fsp3) is 0.133. The molecule has 102 valence electrons. The molecule has 0 saturated carbocycles. The van der Waals surface area contributed by atoms with Gasteiger partial charge in [0.2, 0.25) is 0 Å². The number of thioether (sulfide) groups is 1. The molecule has 2 aromatic rings. The Morgan fingerprint density at radius 2 is 2.20 bits per heavy atom. The number of nitrogens with zero attached hydrogens (tertiary/aromatic N) is 1. The standard InChI is InChI=1S/C15H11ClFNOS/c16-14-4-1-5-18-15(14)20-10-12-7-11(3-2-6-19)8-13(17)9-12/h1,4-5,7-9,19H,6,10H2. The molecule has 0 saturated heterocycles. The summed E-state index contributed by atoms with van der Waals surface area (Å²) in [6.07, 6.45) is 1.66. The van der Waals surface area contributed by atoms with Gasteiger partial charge in [-0.1, -0.05) is 23.4 Å². The highest BCUT2D eigenvalue weighted by Crippen LogP contribution is 2.27. The van der Waals surface area contributed by atoms with E-state index in [0.29, 0.717) is 21.4 Å². The average molecular weight is 308 g/mol. The van der Waals surface area contributed by atoms with E-state index in [1.165, 1.54) is 23.9 Å². The fourth-order valence-corrected chi connectivity index (χ4v) is 2.67. The molecular formula is C15H11ClFNOS.